The Morgan fingerprint density at radius 3 is 2.52 bits per heavy atom. The van der Waals surface area contributed by atoms with Crippen molar-refractivity contribution in [2.24, 2.45) is 0 Å². The van der Waals surface area contributed by atoms with E-state index in [1.807, 2.05) is 17.0 Å². The van der Waals surface area contributed by atoms with Gasteiger partial charge < -0.3 is 14.4 Å². The van der Waals surface area contributed by atoms with Gasteiger partial charge in [-0.05, 0) is 36.2 Å². The number of likely N-dealkylation sites (tertiary alicyclic amines) is 1. The fraction of sp³-hybridized carbons (Fsp3) is 0.316. The minimum Gasteiger partial charge on any atom is -0.497 e. The van der Waals surface area contributed by atoms with Gasteiger partial charge in [0, 0.05) is 25.1 Å². The lowest BCUT2D eigenvalue weighted by molar-refractivity contribution is -0.132. The lowest BCUT2D eigenvalue weighted by atomic mass is 9.98. The van der Waals surface area contributed by atoms with Crippen molar-refractivity contribution in [2.75, 3.05) is 26.8 Å². The first-order valence-corrected chi connectivity index (χ1v) is 8.82. The summed E-state index contributed by atoms with van der Waals surface area (Å²) in [4.78, 5) is 14.2. The number of rotatable bonds is 5. The van der Waals surface area contributed by atoms with E-state index in [0.717, 1.165) is 18.7 Å². The van der Waals surface area contributed by atoms with Crippen molar-refractivity contribution >= 4 is 29.1 Å². The summed E-state index contributed by atoms with van der Waals surface area (Å²) in [7, 11) is 1.65. The standard InChI is InChI=1S/C19H19Cl2NO3/c1-24-15-4-2-13(3-5-15)14-8-9-22(11-14)19(23)12-25-16-6-7-17(20)18(21)10-16/h2-7,10,14H,8-9,11-12H2,1H3. The molecule has 1 saturated heterocycles. The average Bonchev–Trinajstić information content (AvgIpc) is 3.13. The van der Waals surface area contributed by atoms with Gasteiger partial charge >= 0.3 is 0 Å². The Kier molecular flexibility index (Phi) is 5.71. The molecule has 1 aliphatic rings. The molecule has 6 heteroatoms. The molecule has 1 atom stereocenters. The van der Waals surface area contributed by atoms with Gasteiger partial charge in [0.2, 0.25) is 0 Å². The Bertz CT molecular complexity index is 749. The molecular weight excluding hydrogens is 361 g/mol. The molecule has 25 heavy (non-hydrogen) atoms. The quantitative estimate of drug-likeness (QED) is 0.772. The molecule has 0 aliphatic carbocycles. The molecule has 0 saturated carbocycles. The monoisotopic (exact) mass is 379 g/mol. The van der Waals surface area contributed by atoms with Crippen LogP contribution in [0.5, 0.6) is 11.5 Å². The van der Waals surface area contributed by atoms with Crippen LogP contribution >= 0.6 is 23.2 Å². The molecule has 0 aromatic heterocycles. The lowest BCUT2D eigenvalue weighted by Crippen LogP contribution is -2.32. The fourth-order valence-electron chi connectivity index (χ4n) is 2.94. The zero-order chi connectivity index (χ0) is 17.8. The summed E-state index contributed by atoms with van der Waals surface area (Å²) < 4.78 is 10.7. The molecule has 4 nitrogen and oxygen atoms in total. The Hall–Kier alpha value is -1.91. The second kappa shape index (κ2) is 7.98. The maximum absolute atomic E-state index is 12.4. The second-order valence-electron chi connectivity index (χ2n) is 5.96. The molecule has 1 aliphatic heterocycles. The molecule has 0 radical (unpaired) electrons. The molecule has 0 spiro atoms. The molecule has 2 aromatic carbocycles. The number of hydrogen-bond acceptors (Lipinski definition) is 3. The zero-order valence-corrected chi connectivity index (χ0v) is 15.4. The number of ether oxygens (including phenoxy) is 2. The number of amides is 1. The second-order valence-corrected chi connectivity index (χ2v) is 6.78. The summed E-state index contributed by atoms with van der Waals surface area (Å²) in [6.45, 7) is 1.43. The lowest BCUT2D eigenvalue weighted by Gasteiger charge is -2.17. The summed E-state index contributed by atoms with van der Waals surface area (Å²) in [6, 6.07) is 13.0. The number of hydrogen-bond donors (Lipinski definition) is 0. The molecule has 1 heterocycles. The van der Waals surface area contributed by atoms with E-state index in [0.29, 0.717) is 28.3 Å². The van der Waals surface area contributed by atoms with Crippen LogP contribution in [0.15, 0.2) is 42.5 Å². The minimum absolute atomic E-state index is 0.00665. The summed E-state index contributed by atoms with van der Waals surface area (Å²) in [5, 5.41) is 0.870. The Labute approximate surface area is 157 Å². The number of carbonyl (C=O) groups excluding carboxylic acids is 1. The van der Waals surface area contributed by atoms with Gasteiger partial charge in [-0.2, -0.15) is 0 Å². The Morgan fingerprint density at radius 1 is 1.12 bits per heavy atom. The molecule has 132 valence electrons. The van der Waals surface area contributed by atoms with Crippen molar-refractivity contribution in [3.63, 3.8) is 0 Å². The van der Waals surface area contributed by atoms with E-state index < -0.39 is 0 Å². The first kappa shape index (κ1) is 17.9. The number of benzene rings is 2. The largest absolute Gasteiger partial charge is 0.497 e. The van der Waals surface area contributed by atoms with Crippen LogP contribution in [0.25, 0.3) is 0 Å². The van der Waals surface area contributed by atoms with Crippen LogP contribution in [0, 0.1) is 0 Å². The first-order valence-electron chi connectivity index (χ1n) is 8.06. The van der Waals surface area contributed by atoms with E-state index in [1.54, 1.807) is 25.3 Å². The SMILES string of the molecule is COc1ccc(C2CCN(C(=O)COc3ccc(Cl)c(Cl)c3)C2)cc1. The third kappa shape index (κ3) is 4.39. The van der Waals surface area contributed by atoms with Crippen LogP contribution < -0.4 is 9.47 Å². The highest BCUT2D eigenvalue weighted by Gasteiger charge is 2.27. The van der Waals surface area contributed by atoms with E-state index in [4.69, 9.17) is 32.7 Å². The summed E-state index contributed by atoms with van der Waals surface area (Å²) in [5.41, 5.74) is 1.22. The number of halogens is 2. The van der Waals surface area contributed by atoms with Gasteiger partial charge in [-0.25, -0.2) is 0 Å². The molecular formula is C19H19Cl2NO3. The van der Waals surface area contributed by atoms with Gasteiger partial charge in [-0.1, -0.05) is 35.3 Å². The molecule has 0 bridgehead atoms. The Morgan fingerprint density at radius 2 is 1.84 bits per heavy atom. The van der Waals surface area contributed by atoms with Gasteiger partial charge in [-0.3, -0.25) is 4.79 Å². The molecule has 3 rings (SSSR count). The van der Waals surface area contributed by atoms with E-state index in [1.165, 1.54) is 5.56 Å². The summed E-state index contributed by atoms with van der Waals surface area (Å²) in [5.74, 6) is 1.69. The normalized spacial score (nSPS) is 16.8. The highest BCUT2D eigenvalue weighted by molar-refractivity contribution is 6.42. The van der Waals surface area contributed by atoms with Crippen molar-refractivity contribution < 1.29 is 14.3 Å². The van der Waals surface area contributed by atoms with E-state index in [9.17, 15) is 4.79 Å². The smallest absolute Gasteiger partial charge is 0.260 e. The number of nitrogens with zero attached hydrogens (tertiary/aromatic N) is 1. The topological polar surface area (TPSA) is 38.8 Å². The third-order valence-electron chi connectivity index (χ3n) is 4.38. The zero-order valence-electron chi connectivity index (χ0n) is 13.9. The highest BCUT2D eigenvalue weighted by atomic mass is 35.5. The maximum Gasteiger partial charge on any atom is 0.260 e. The van der Waals surface area contributed by atoms with E-state index in [-0.39, 0.29) is 12.5 Å². The molecule has 1 amide bonds. The van der Waals surface area contributed by atoms with Gasteiger partial charge in [-0.15, -0.1) is 0 Å². The van der Waals surface area contributed by atoms with E-state index in [2.05, 4.69) is 12.1 Å². The van der Waals surface area contributed by atoms with Crippen LogP contribution in [0.4, 0.5) is 0 Å². The summed E-state index contributed by atoms with van der Waals surface area (Å²) in [6.07, 6.45) is 0.949. The van der Waals surface area contributed by atoms with Gasteiger partial charge in [0.1, 0.15) is 11.5 Å². The molecule has 1 fully saturated rings. The summed E-state index contributed by atoms with van der Waals surface area (Å²) >= 11 is 11.8. The predicted molar refractivity (Wildman–Crippen MR) is 98.9 cm³/mol. The highest BCUT2D eigenvalue weighted by Crippen LogP contribution is 2.29. The first-order chi connectivity index (χ1) is 12.1. The van der Waals surface area contributed by atoms with Crippen molar-refractivity contribution in [3.05, 3.63) is 58.1 Å². The van der Waals surface area contributed by atoms with E-state index >= 15 is 0 Å². The molecule has 2 aromatic rings. The minimum atomic E-state index is -0.0258. The van der Waals surface area contributed by atoms with Crippen LogP contribution in [0.3, 0.4) is 0 Å². The van der Waals surface area contributed by atoms with Crippen LogP contribution in [-0.2, 0) is 4.79 Å². The van der Waals surface area contributed by atoms with Gasteiger partial charge in [0.05, 0.1) is 17.2 Å². The van der Waals surface area contributed by atoms with Gasteiger partial charge in [0.25, 0.3) is 5.91 Å². The van der Waals surface area contributed by atoms with Crippen molar-refractivity contribution in [1.29, 1.82) is 0 Å². The number of carbonyl (C=O) groups is 1. The van der Waals surface area contributed by atoms with Crippen LogP contribution in [0.2, 0.25) is 10.0 Å². The van der Waals surface area contributed by atoms with Crippen LogP contribution in [0.1, 0.15) is 17.9 Å². The maximum atomic E-state index is 12.4. The Balaban J connectivity index is 1.54. The molecule has 1 unspecified atom stereocenters. The molecule has 0 N–H and O–H groups in total. The van der Waals surface area contributed by atoms with Gasteiger partial charge in [0.15, 0.2) is 6.61 Å². The fourth-order valence-corrected chi connectivity index (χ4v) is 3.23. The van der Waals surface area contributed by atoms with Crippen LogP contribution in [-0.4, -0.2) is 37.6 Å². The van der Waals surface area contributed by atoms with Crippen molar-refractivity contribution in [3.8, 4) is 11.5 Å². The number of methoxy groups -OCH3 is 1. The average molecular weight is 380 g/mol. The van der Waals surface area contributed by atoms with Crippen molar-refractivity contribution in [2.45, 2.75) is 12.3 Å². The van der Waals surface area contributed by atoms with Crippen molar-refractivity contribution in [1.82, 2.24) is 4.90 Å². The predicted octanol–water partition coefficient (Wildman–Crippen LogP) is 4.40. The third-order valence-corrected chi connectivity index (χ3v) is 5.12.